The Kier molecular flexibility index (Phi) is 13.3. The van der Waals surface area contributed by atoms with Gasteiger partial charge < -0.3 is 25.6 Å². The maximum Gasteiger partial charge on any atom is 0.247 e. The Balaban J connectivity index is 1.51. The highest BCUT2D eigenvalue weighted by molar-refractivity contribution is 8.22. The van der Waals surface area contributed by atoms with Gasteiger partial charge in [0.1, 0.15) is 10.1 Å². The molecule has 0 fully saturated rings. The molecule has 3 N–H and O–H groups in total. The monoisotopic (exact) mass is 596 g/mol. The lowest BCUT2D eigenvalue weighted by Gasteiger charge is -2.24. The number of thiocarbonyl (C=S) groups is 1. The van der Waals surface area contributed by atoms with Gasteiger partial charge in [-0.1, -0.05) is 63.3 Å². The Hall–Kier alpha value is -3.70. The number of aromatic nitrogens is 2. The first-order valence-corrected chi connectivity index (χ1v) is 15.1. The number of rotatable bonds is 16. The topological polar surface area (TPSA) is 91.4 Å². The molecule has 3 aromatic rings. The van der Waals surface area contributed by atoms with E-state index >= 15 is 0 Å². The number of hydrogen-bond donors (Lipinski definition) is 3. The minimum absolute atomic E-state index is 0.00646. The third-order valence-electron chi connectivity index (χ3n) is 5.83. The van der Waals surface area contributed by atoms with Gasteiger partial charge in [0.05, 0.1) is 12.8 Å². The van der Waals surface area contributed by atoms with Crippen LogP contribution in [0.25, 0.3) is 0 Å². The molecule has 0 unspecified atom stereocenters. The number of anilines is 5. The zero-order chi connectivity index (χ0) is 29.5. The van der Waals surface area contributed by atoms with E-state index in [1.54, 1.807) is 36.0 Å². The standard InChI is InChI=1S/C30H37FN6O2S2/c1-4-7-16-37(17-8-5-2)30(40)41-19-18-39-25-14-12-22(13-15-25)35-29-32-21-26(31)28(36-29)34-24-11-9-10-23(20-24)33-27(38)6-3/h6,9-15,20-21H,3-5,7-8,16-19H2,1-2H3,(H,33,38)(H2,32,34,35,36). The van der Waals surface area contributed by atoms with Crippen molar-refractivity contribution in [2.75, 3.05) is 41.4 Å². The van der Waals surface area contributed by atoms with Gasteiger partial charge in [0.25, 0.3) is 0 Å². The second-order valence-corrected chi connectivity index (χ2v) is 10.8. The van der Waals surface area contributed by atoms with E-state index in [0.29, 0.717) is 18.0 Å². The molecule has 0 aliphatic heterocycles. The number of hydrogen-bond acceptors (Lipinski definition) is 8. The highest BCUT2D eigenvalue weighted by Gasteiger charge is 2.11. The van der Waals surface area contributed by atoms with Crippen molar-refractivity contribution < 1.29 is 13.9 Å². The van der Waals surface area contributed by atoms with Crippen LogP contribution >= 0.6 is 24.0 Å². The van der Waals surface area contributed by atoms with Gasteiger partial charge in [-0.25, -0.2) is 9.37 Å². The summed E-state index contributed by atoms with van der Waals surface area (Å²) in [5.41, 5.74) is 1.81. The van der Waals surface area contributed by atoms with E-state index in [0.717, 1.165) is 66.5 Å². The van der Waals surface area contributed by atoms with Crippen LogP contribution in [-0.2, 0) is 4.79 Å². The second kappa shape index (κ2) is 17.2. The number of halogens is 1. The highest BCUT2D eigenvalue weighted by Crippen LogP contribution is 2.24. The minimum atomic E-state index is -0.615. The summed E-state index contributed by atoms with van der Waals surface area (Å²) in [5.74, 6) is 0.773. The number of unbranched alkanes of at least 4 members (excludes halogenated alkanes) is 2. The first-order valence-electron chi connectivity index (χ1n) is 13.7. The lowest BCUT2D eigenvalue weighted by Crippen LogP contribution is -2.30. The van der Waals surface area contributed by atoms with Crippen LogP contribution < -0.4 is 20.7 Å². The predicted molar refractivity (Wildman–Crippen MR) is 172 cm³/mol. The molecule has 0 aliphatic carbocycles. The largest absolute Gasteiger partial charge is 0.493 e. The summed E-state index contributed by atoms with van der Waals surface area (Å²) in [7, 11) is 0. The zero-order valence-electron chi connectivity index (χ0n) is 23.5. The van der Waals surface area contributed by atoms with E-state index in [9.17, 15) is 9.18 Å². The van der Waals surface area contributed by atoms with Gasteiger partial charge in [0.2, 0.25) is 11.9 Å². The predicted octanol–water partition coefficient (Wildman–Crippen LogP) is 7.53. The molecular weight excluding hydrogens is 560 g/mol. The number of nitrogens with zero attached hydrogens (tertiary/aromatic N) is 3. The number of carbonyl (C=O) groups is 1. The van der Waals surface area contributed by atoms with Gasteiger partial charge in [-0.15, -0.1) is 0 Å². The lowest BCUT2D eigenvalue weighted by molar-refractivity contribution is -0.111. The van der Waals surface area contributed by atoms with Gasteiger partial charge in [-0.2, -0.15) is 4.98 Å². The summed E-state index contributed by atoms with van der Waals surface area (Å²) in [4.78, 5) is 22.2. The number of thioether (sulfide) groups is 1. The van der Waals surface area contributed by atoms with Crippen LogP contribution in [0.1, 0.15) is 39.5 Å². The molecule has 41 heavy (non-hydrogen) atoms. The average Bonchev–Trinajstić information content (AvgIpc) is 2.98. The molecule has 8 nitrogen and oxygen atoms in total. The van der Waals surface area contributed by atoms with Crippen LogP contribution in [0.2, 0.25) is 0 Å². The van der Waals surface area contributed by atoms with Crippen LogP contribution in [0.5, 0.6) is 5.75 Å². The Morgan fingerprint density at radius 2 is 1.78 bits per heavy atom. The maximum absolute atomic E-state index is 14.4. The molecule has 3 rings (SSSR count). The molecule has 1 aromatic heterocycles. The van der Waals surface area contributed by atoms with Crippen LogP contribution in [0.3, 0.4) is 0 Å². The first kappa shape index (κ1) is 31.8. The van der Waals surface area contributed by atoms with Crippen molar-refractivity contribution in [2.24, 2.45) is 0 Å². The molecule has 1 amide bonds. The lowest BCUT2D eigenvalue weighted by atomic mass is 10.2. The Morgan fingerprint density at radius 1 is 1.07 bits per heavy atom. The van der Waals surface area contributed by atoms with Crippen molar-refractivity contribution in [1.82, 2.24) is 14.9 Å². The molecule has 0 saturated carbocycles. The van der Waals surface area contributed by atoms with E-state index in [2.05, 4.69) is 51.2 Å². The fourth-order valence-corrected chi connectivity index (χ4v) is 4.79. The number of carbonyl (C=O) groups excluding carboxylic acids is 1. The number of ether oxygens (including phenoxy) is 1. The van der Waals surface area contributed by atoms with E-state index in [4.69, 9.17) is 17.0 Å². The van der Waals surface area contributed by atoms with Crippen molar-refractivity contribution in [3.8, 4) is 5.75 Å². The third-order valence-corrected chi connectivity index (χ3v) is 7.32. The van der Waals surface area contributed by atoms with Crippen molar-refractivity contribution >= 4 is 63.0 Å². The number of amides is 1. The normalized spacial score (nSPS) is 10.5. The summed E-state index contributed by atoms with van der Waals surface area (Å²) in [6, 6.07) is 14.2. The first-order chi connectivity index (χ1) is 19.9. The molecule has 11 heteroatoms. The molecule has 0 aliphatic rings. The van der Waals surface area contributed by atoms with Crippen molar-refractivity contribution in [3.05, 3.63) is 73.2 Å². The summed E-state index contributed by atoms with van der Waals surface area (Å²) < 4.78 is 21.3. The second-order valence-electron chi connectivity index (χ2n) is 9.10. The van der Waals surface area contributed by atoms with E-state index in [1.807, 2.05) is 24.3 Å². The fraction of sp³-hybridized carbons (Fsp3) is 0.333. The fourth-order valence-electron chi connectivity index (χ4n) is 3.66. The van der Waals surface area contributed by atoms with E-state index in [-0.39, 0.29) is 17.7 Å². The maximum atomic E-state index is 14.4. The summed E-state index contributed by atoms with van der Waals surface area (Å²) in [5, 5.41) is 8.67. The third kappa shape index (κ3) is 11.0. The molecule has 1 heterocycles. The van der Waals surface area contributed by atoms with Gasteiger partial charge in [-0.3, -0.25) is 4.79 Å². The summed E-state index contributed by atoms with van der Waals surface area (Å²) in [6.45, 7) is 10.4. The zero-order valence-corrected chi connectivity index (χ0v) is 25.1. The molecule has 0 radical (unpaired) electrons. The summed E-state index contributed by atoms with van der Waals surface area (Å²) >= 11 is 7.32. The van der Waals surface area contributed by atoms with Crippen molar-refractivity contribution in [3.63, 3.8) is 0 Å². The van der Waals surface area contributed by atoms with Crippen LogP contribution in [-0.4, -0.2) is 50.5 Å². The Bertz CT molecular complexity index is 1280. The smallest absolute Gasteiger partial charge is 0.247 e. The Morgan fingerprint density at radius 3 is 2.46 bits per heavy atom. The Labute approximate surface area is 251 Å². The molecule has 0 atom stereocenters. The summed E-state index contributed by atoms with van der Waals surface area (Å²) in [6.07, 6.45) is 6.87. The molecular formula is C30H37FN6O2S2. The van der Waals surface area contributed by atoms with E-state index in [1.165, 1.54) is 6.08 Å². The molecule has 0 bridgehead atoms. The molecule has 0 spiro atoms. The van der Waals surface area contributed by atoms with Crippen molar-refractivity contribution in [2.45, 2.75) is 39.5 Å². The molecule has 218 valence electrons. The SMILES string of the molecule is C=CC(=O)Nc1cccc(Nc2nc(Nc3ccc(OCCSC(=S)N(CCCC)CCCC)cc3)ncc2F)c1. The number of nitrogens with one attached hydrogen (secondary N) is 3. The van der Waals surface area contributed by atoms with Crippen LogP contribution in [0, 0.1) is 5.82 Å². The van der Waals surface area contributed by atoms with Crippen molar-refractivity contribution in [1.29, 1.82) is 0 Å². The number of benzene rings is 2. The van der Waals surface area contributed by atoms with E-state index < -0.39 is 5.82 Å². The van der Waals surface area contributed by atoms with Crippen LogP contribution in [0.15, 0.2) is 67.4 Å². The average molecular weight is 597 g/mol. The minimum Gasteiger partial charge on any atom is -0.493 e. The van der Waals surface area contributed by atoms with Gasteiger partial charge in [0, 0.05) is 35.9 Å². The quantitative estimate of drug-likeness (QED) is 0.0882. The molecule has 2 aromatic carbocycles. The van der Waals surface area contributed by atoms with Gasteiger partial charge in [0.15, 0.2) is 11.6 Å². The van der Waals surface area contributed by atoms with Crippen LogP contribution in [0.4, 0.5) is 33.2 Å². The van der Waals surface area contributed by atoms with Gasteiger partial charge >= 0.3 is 0 Å². The van der Waals surface area contributed by atoms with Gasteiger partial charge in [-0.05, 0) is 61.4 Å². The molecule has 0 saturated heterocycles. The highest BCUT2D eigenvalue weighted by atomic mass is 32.2.